The third-order valence-electron chi connectivity index (χ3n) is 1.99. The first-order valence-electron chi connectivity index (χ1n) is 7.23. The first-order valence-corrected chi connectivity index (χ1v) is 4.23. The fraction of sp³-hybridized carbons (Fsp3) is 0.455. The molecule has 2 N–H and O–H groups in total. The number of hydrogen-bond donors (Lipinski definition) is 1. The quantitative estimate of drug-likeness (QED) is 0.871. The predicted molar refractivity (Wildman–Crippen MR) is 64.3 cm³/mol. The highest BCUT2D eigenvalue weighted by Crippen LogP contribution is 2.28. The van der Waals surface area contributed by atoms with E-state index in [2.05, 4.69) is 0 Å². The molecule has 0 saturated heterocycles. The molecule has 0 unspecified atom stereocenters. The number of methoxy groups -OCH3 is 2. The smallest absolute Gasteiger partial charge is 0.122 e. The van der Waals surface area contributed by atoms with Gasteiger partial charge in [0.2, 0.25) is 0 Å². The Kier molecular flexibility index (Phi) is 2.88. The minimum absolute atomic E-state index is 0. The maximum Gasteiger partial charge on any atom is 0.122 e. The normalized spacial score (nSPS) is 16.9. The van der Waals surface area contributed by atoms with Crippen molar-refractivity contribution in [1.29, 1.82) is 0 Å². The predicted octanol–water partition coefficient (Wildman–Crippen LogP) is 1.94. The molecular formula is C11H18ClNO2. The van der Waals surface area contributed by atoms with E-state index in [0.29, 0.717) is 17.5 Å². The molecule has 0 amide bonds. The Morgan fingerprint density at radius 2 is 1.93 bits per heavy atom. The lowest BCUT2D eigenvalue weighted by molar-refractivity contribution is 0.396. The maximum absolute atomic E-state index is 7.13. The van der Waals surface area contributed by atoms with Crippen LogP contribution < -0.4 is 15.2 Å². The molecule has 0 aliphatic carbocycles. The van der Waals surface area contributed by atoms with Gasteiger partial charge in [-0.05, 0) is 43.1 Å². The molecular weight excluding hydrogens is 214 g/mol. The van der Waals surface area contributed by atoms with Crippen LogP contribution in [0.1, 0.15) is 19.4 Å². The minimum atomic E-state index is -2.58. The van der Waals surface area contributed by atoms with Crippen molar-refractivity contribution < 1.29 is 17.7 Å². The van der Waals surface area contributed by atoms with Crippen LogP contribution in [0.3, 0.4) is 0 Å². The van der Waals surface area contributed by atoms with E-state index < -0.39 is 14.1 Å². The Balaban J connectivity index is 0.00000400. The summed E-state index contributed by atoms with van der Waals surface area (Å²) in [6.45, 7) is 1.88. The van der Waals surface area contributed by atoms with Gasteiger partial charge in [0.15, 0.2) is 0 Å². The highest BCUT2D eigenvalue weighted by Gasteiger charge is 2.07. The number of rotatable bonds is 4. The molecule has 1 rings (SSSR count). The van der Waals surface area contributed by atoms with Crippen LogP contribution in [0, 0.1) is 6.92 Å². The van der Waals surface area contributed by atoms with Crippen LogP contribution in [0.5, 0.6) is 11.5 Å². The first kappa shape index (κ1) is 6.61. The number of halogens is 1. The van der Waals surface area contributed by atoms with Gasteiger partial charge in [0.05, 0.1) is 22.3 Å². The summed E-state index contributed by atoms with van der Waals surface area (Å²) in [5.41, 5.74) is 6.43. The molecule has 0 radical (unpaired) electrons. The minimum Gasteiger partial charge on any atom is -0.496 e. The van der Waals surface area contributed by atoms with Crippen LogP contribution >= 0.6 is 12.4 Å². The fourth-order valence-corrected chi connectivity index (χ4v) is 1.26. The van der Waals surface area contributed by atoms with E-state index in [1.54, 1.807) is 6.92 Å². The Morgan fingerprint density at radius 3 is 2.53 bits per heavy atom. The molecule has 1 aromatic carbocycles. The molecule has 86 valence electrons. The van der Waals surface area contributed by atoms with Crippen molar-refractivity contribution in [3.63, 3.8) is 0 Å². The molecule has 0 heterocycles. The van der Waals surface area contributed by atoms with Crippen LogP contribution in [0.25, 0.3) is 0 Å². The van der Waals surface area contributed by atoms with E-state index in [0.717, 1.165) is 0 Å². The van der Waals surface area contributed by atoms with Crippen LogP contribution in [0.4, 0.5) is 0 Å². The molecule has 0 atom stereocenters. The van der Waals surface area contributed by atoms with Crippen LogP contribution in [0.2, 0.25) is 0 Å². The number of aryl methyl sites for hydroxylation is 1. The number of nitrogens with two attached hydrogens (primary N) is 1. The second kappa shape index (κ2) is 6.53. The summed E-state index contributed by atoms with van der Waals surface area (Å²) in [6.07, 6.45) is 0.350. The van der Waals surface area contributed by atoms with Gasteiger partial charge in [-0.2, -0.15) is 0 Å². The van der Waals surface area contributed by atoms with Crippen molar-refractivity contribution in [3.05, 3.63) is 23.3 Å². The lowest BCUT2D eigenvalue weighted by Gasteiger charge is -2.12. The summed E-state index contributed by atoms with van der Waals surface area (Å²) in [5.74, 6) is 0.317. The third kappa shape index (κ3) is 3.29. The third-order valence-corrected chi connectivity index (χ3v) is 1.99. The molecule has 1 aromatic rings. The molecule has 0 bridgehead atoms. The van der Waals surface area contributed by atoms with Crippen molar-refractivity contribution >= 4 is 12.4 Å². The van der Waals surface area contributed by atoms with Crippen molar-refractivity contribution in [2.24, 2.45) is 5.73 Å². The molecule has 0 aromatic heterocycles. The van der Waals surface area contributed by atoms with Crippen LogP contribution in [-0.2, 0) is 6.42 Å². The summed E-state index contributed by atoms with van der Waals surface area (Å²) in [6, 6.07) is 2.90. The van der Waals surface area contributed by atoms with Crippen LogP contribution in [-0.4, -0.2) is 20.6 Å². The van der Waals surface area contributed by atoms with E-state index in [-0.39, 0.29) is 30.5 Å². The second-order valence-electron chi connectivity index (χ2n) is 2.97. The summed E-state index contributed by atoms with van der Waals surface area (Å²) in [4.78, 5) is 0. The van der Waals surface area contributed by atoms with Gasteiger partial charge in [-0.25, -0.2) is 0 Å². The van der Waals surface area contributed by atoms with Gasteiger partial charge in [-0.1, -0.05) is 0 Å². The lowest BCUT2D eigenvalue weighted by atomic mass is 10.1. The summed E-state index contributed by atoms with van der Waals surface area (Å²) in [5, 5.41) is 0. The van der Waals surface area contributed by atoms with E-state index >= 15 is 0 Å². The lowest BCUT2D eigenvalue weighted by Crippen LogP contribution is -2.05. The van der Waals surface area contributed by atoms with Gasteiger partial charge in [0.25, 0.3) is 0 Å². The standard InChI is InChI=1S/C11H17NO2.ClH/c1-8-6-11(14-3)9(4-5-12)7-10(8)13-2;/h6-7H,4-5,12H2,1-3H3;1H/i2D3,3D3;. The van der Waals surface area contributed by atoms with Crippen molar-refractivity contribution in [1.82, 2.24) is 0 Å². The largest absolute Gasteiger partial charge is 0.496 e. The zero-order chi connectivity index (χ0) is 15.6. The monoisotopic (exact) mass is 237 g/mol. The van der Waals surface area contributed by atoms with Gasteiger partial charge < -0.3 is 15.2 Å². The van der Waals surface area contributed by atoms with E-state index in [4.69, 9.17) is 23.4 Å². The average Bonchev–Trinajstić information content (AvgIpc) is 2.20. The molecule has 0 fully saturated rings. The highest BCUT2D eigenvalue weighted by molar-refractivity contribution is 5.85. The van der Waals surface area contributed by atoms with Crippen molar-refractivity contribution in [2.75, 3.05) is 20.6 Å². The zero-order valence-electron chi connectivity index (χ0n) is 14.4. The Hall–Kier alpha value is -0.930. The second-order valence-corrected chi connectivity index (χ2v) is 2.97. The van der Waals surface area contributed by atoms with Crippen LogP contribution in [0.15, 0.2) is 12.1 Å². The SMILES string of the molecule is Cl.[2H]C([2H])([2H])Oc1cc(CCN)c(OC([2H])([2H])[2H])cc1C. The molecule has 0 spiro atoms. The number of ether oxygens (including phenoxy) is 2. The van der Waals surface area contributed by atoms with Gasteiger partial charge in [-0.15, -0.1) is 12.4 Å². The summed E-state index contributed by atoms with van der Waals surface area (Å²) >= 11 is 0. The van der Waals surface area contributed by atoms with Gasteiger partial charge in [-0.3, -0.25) is 0 Å². The highest BCUT2D eigenvalue weighted by atomic mass is 35.5. The van der Waals surface area contributed by atoms with Gasteiger partial charge in [0.1, 0.15) is 11.5 Å². The fourth-order valence-electron chi connectivity index (χ4n) is 1.26. The van der Waals surface area contributed by atoms with E-state index in [1.165, 1.54) is 12.1 Å². The maximum atomic E-state index is 7.13. The van der Waals surface area contributed by atoms with Crippen molar-refractivity contribution in [3.8, 4) is 11.5 Å². The van der Waals surface area contributed by atoms with Gasteiger partial charge >= 0.3 is 0 Å². The average molecular weight is 238 g/mol. The number of benzene rings is 1. The summed E-state index contributed by atoms with van der Waals surface area (Å²) in [7, 11) is -5.15. The topological polar surface area (TPSA) is 44.5 Å². The van der Waals surface area contributed by atoms with Crippen molar-refractivity contribution in [2.45, 2.75) is 13.3 Å². The number of hydrogen-bond acceptors (Lipinski definition) is 3. The molecule has 0 aliphatic rings. The molecule has 4 heteroatoms. The Labute approximate surface area is 105 Å². The first-order chi connectivity index (χ1) is 9.02. The molecule has 15 heavy (non-hydrogen) atoms. The van der Waals surface area contributed by atoms with Gasteiger partial charge in [0, 0.05) is 0 Å². The Morgan fingerprint density at radius 1 is 1.27 bits per heavy atom. The molecule has 0 saturated carbocycles. The molecule has 0 aliphatic heterocycles. The van der Waals surface area contributed by atoms with E-state index in [9.17, 15) is 0 Å². The zero-order valence-corrected chi connectivity index (χ0v) is 9.19. The molecule has 3 nitrogen and oxygen atoms in total. The Bertz CT molecular complexity index is 475. The summed E-state index contributed by atoms with van der Waals surface area (Å²) < 4.78 is 52.4. The van der Waals surface area contributed by atoms with E-state index in [1.807, 2.05) is 0 Å².